The van der Waals surface area contributed by atoms with E-state index in [4.69, 9.17) is 0 Å². The molecule has 3 nitrogen and oxygen atoms in total. The normalized spacial score (nSPS) is 12.1. The van der Waals surface area contributed by atoms with Crippen LogP contribution < -0.4 is 29.6 Å². The first-order chi connectivity index (χ1) is 6.27. The van der Waals surface area contributed by atoms with E-state index in [-0.39, 0.29) is 34.6 Å². The second-order valence-corrected chi connectivity index (χ2v) is 3.46. The maximum atomic E-state index is 10.6. The average Bonchev–Trinajstić information content (AvgIpc) is 2.17. The van der Waals surface area contributed by atoms with Gasteiger partial charge in [0.1, 0.15) is 5.03 Å². The average molecular weight is 215 g/mol. The van der Waals surface area contributed by atoms with Crippen molar-refractivity contribution >= 4 is 22.0 Å². The van der Waals surface area contributed by atoms with E-state index in [0.29, 0.717) is 5.52 Å². The molecule has 5 heteroatoms. The Hall–Kier alpha value is -0.260. The smallest absolute Gasteiger partial charge is 0.767 e. The third-order valence-electron chi connectivity index (χ3n) is 1.74. The molecule has 0 aliphatic carbocycles. The van der Waals surface area contributed by atoms with Crippen molar-refractivity contribution in [2.24, 2.45) is 0 Å². The van der Waals surface area contributed by atoms with E-state index >= 15 is 0 Å². The Morgan fingerprint density at radius 1 is 1.14 bits per heavy atom. The van der Waals surface area contributed by atoms with Gasteiger partial charge in [-0.25, -0.2) is 4.98 Å². The van der Waals surface area contributed by atoms with Crippen LogP contribution in [0.25, 0.3) is 10.9 Å². The molecule has 0 amide bonds. The maximum Gasteiger partial charge on any atom is 1.00 e. The fourth-order valence-corrected chi connectivity index (χ4v) is 1.49. The minimum Gasteiger partial charge on any atom is -0.767 e. The Kier molecular flexibility index (Phi) is 4.22. The molecule has 1 unspecified atom stereocenters. The predicted octanol–water partition coefficient (Wildman–Crippen LogP) is -1.52. The summed E-state index contributed by atoms with van der Waals surface area (Å²) < 4.78 is 21.2. The second-order valence-electron chi connectivity index (χ2n) is 2.58. The third kappa shape index (κ3) is 2.40. The number of benzene rings is 1. The monoisotopic (exact) mass is 215 g/mol. The Morgan fingerprint density at radius 3 is 2.57 bits per heavy atom. The van der Waals surface area contributed by atoms with E-state index in [1.807, 2.05) is 18.2 Å². The molecule has 0 aliphatic heterocycles. The number of hydrogen-bond donors (Lipinski definition) is 0. The van der Waals surface area contributed by atoms with E-state index in [0.717, 1.165) is 5.39 Å². The van der Waals surface area contributed by atoms with Gasteiger partial charge in [-0.05, 0) is 23.2 Å². The summed E-state index contributed by atoms with van der Waals surface area (Å²) in [5, 5.41) is 1.02. The number of para-hydroxylation sites is 1. The summed E-state index contributed by atoms with van der Waals surface area (Å²) in [4.78, 5) is 3.96. The fraction of sp³-hybridized carbons (Fsp3) is 0. The first kappa shape index (κ1) is 11.8. The van der Waals surface area contributed by atoms with Crippen LogP contribution in [-0.4, -0.2) is 13.7 Å². The van der Waals surface area contributed by atoms with Crippen molar-refractivity contribution in [2.45, 2.75) is 5.03 Å². The third-order valence-corrected chi connectivity index (χ3v) is 2.31. The number of rotatable bonds is 1. The van der Waals surface area contributed by atoms with Crippen molar-refractivity contribution in [1.29, 1.82) is 0 Å². The van der Waals surface area contributed by atoms with E-state index in [1.54, 1.807) is 12.1 Å². The summed E-state index contributed by atoms with van der Waals surface area (Å²) in [6, 6.07) is 10.6. The molecule has 2 rings (SSSR count). The van der Waals surface area contributed by atoms with Gasteiger partial charge < -0.3 is 4.55 Å². The Morgan fingerprint density at radius 2 is 1.86 bits per heavy atom. The largest absolute Gasteiger partial charge is 1.00 e. The zero-order valence-electron chi connectivity index (χ0n) is 7.64. The van der Waals surface area contributed by atoms with Gasteiger partial charge >= 0.3 is 29.6 Å². The van der Waals surface area contributed by atoms with Crippen LogP contribution in [0.1, 0.15) is 0 Å². The molecule has 0 radical (unpaired) electrons. The number of nitrogens with zero attached hydrogens (tertiary/aromatic N) is 1. The number of fused-ring (bicyclic) bond motifs is 1. The van der Waals surface area contributed by atoms with Gasteiger partial charge in [0.05, 0.1) is 5.52 Å². The molecular formula is C9H6NNaO2S. The van der Waals surface area contributed by atoms with Crippen LogP contribution in [0.2, 0.25) is 0 Å². The molecule has 1 aromatic heterocycles. The molecule has 1 atom stereocenters. The summed E-state index contributed by atoms with van der Waals surface area (Å²) >= 11 is -2.25. The fourth-order valence-electron chi connectivity index (χ4n) is 1.14. The minimum absolute atomic E-state index is 0. The molecule has 14 heavy (non-hydrogen) atoms. The van der Waals surface area contributed by atoms with Crippen LogP contribution >= 0.6 is 0 Å². The zero-order valence-corrected chi connectivity index (χ0v) is 10.5. The molecule has 1 heterocycles. The van der Waals surface area contributed by atoms with Gasteiger partial charge in [-0.15, -0.1) is 0 Å². The van der Waals surface area contributed by atoms with Crippen LogP contribution in [0.4, 0.5) is 0 Å². The van der Waals surface area contributed by atoms with Gasteiger partial charge in [0.2, 0.25) is 0 Å². The maximum absolute atomic E-state index is 10.6. The number of hydrogen-bond acceptors (Lipinski definition) is 3. The van der Waals surface area contributed by atoms with Crippen molar-refractivity contribution in [3.8, 4) is 0 Å². The van der Waals surface area contributed by atoms with E-state index < -0.39 is 11.1 Å². The molecular weight excluding hydrogens is 209 g/mol. The van der Waals surface area contributed by atoms with Crippen molar-refractivity contribution in [1.82, 2.24) is 4.98 Å². The number of aromatic nitrogens is 1. The molecule has 0 bridgehead atoms. The molecule has 0 saturated carbocycles. The molecule has 66 valence electrons. The van der Waals surface area contributed by atoms with Crippen LogP contribution in [0.5, 0.6) is 0 Å². The van der Waals surface area contributed by atoms with Crippen LogP contribution in [-0.2, 0) is 11.1 Å². The molecule has 0 N–H and O–H groups in total. The zero-order chi connectivity index (χ0) is 9.26. The topological polar surface area (TPSA) is 53.0 Å². The molecule has 0 aliphatic rings. The standard InChI is InChI=1S/C9H7NO2S.Na/c11-13(12)9-6-5-7-3-1-2-4-8(7)10-9;/h1-6H,(H,11,12);/q;+1/p-1. The molecule has 0 fully saturated rings. The summed E-state index contributed by atoms with van der Waals surface area (Å²) in [6.07, 6.45) is 0. The minimum atomic E-state index is -2.25. The van der Waals surface area contributed by atoms with Crippen LogP contribution in [0, 0.1) is 0 Å². The SMILES string of the molecule is O=S([O-])c1ccc2ccccc2n1.[Na+]. The first-order valence-corrected chi connectivity index (χ1v) is 4.80. The number of pyridine rings is 1. The molecule has 2 aromatic rings. The van der Waals surface area contributed by atoms with Gasteiger partial charge in [0.15, 0.2) is 0 Å². The van der Waals surface area contributed by atoms with Gasteiger partial charge in [-0.2, -0.15) is 0 Å². The van der Waals surface area contributed by atoms with E-state index in [1.165, 1.54) is 6.07 Å². The van der Waals surface area contributed by atoms with E-state index in [9.17, 15) is 8.76 Å². The van der Waals surface area contributed by atoms with Crippen molar-refractivity contribution in [3.05, 3.63) is 36.4 Å². The summed E-state index contributed by atoms with van der Waals surface area (Å²) in [6.45, 7) is 0. The molecule has 0 saturated heterocycles. The Labute approximate surface area is 106 Å². The molecule has 1 aromatic carbocycles. The quantitative estimate of drug-likeness (QED) is 0.428. The van der Waals surface area contributed by atoms with Crippen molar-refractivity contribution in [2.75, 3.05) is 0 Å². The van der Waals surface area contributed by atoms with Gasteiger partial charge in [0.25, 0.3) is 0 Å². The van der Waals surface area contributed by atoms with E-state index in [2.05, 4.69) is 4.98 Å². The Bertz CT molecular complexity index is 475. The second kappa shape index (κ2) is 5.00. The Balaban J connectivity index is 0.000000980. The van der Waals surface area contributed by atoms with Gasteiger partial charge in [-0.3, -0.25) is 4.21 Å². The summed E-state index contributed by atoms with van der Waals surface area (Å²) in [5.74, 6) is 0. The summed E-state index contributed by atoms with van der Waals surface area (Å²) in [7, 11) is 0. The van der Waals surface area contributed by atoms with Gasteiger partial charge in [-0.1, -0.05) is 24.3 Å². The first-order valence-electron chi connectivity index (χ1n) is 3.72. The molecule has 0 spiro atoms. The summed E-state index contributed by atoms with van der Waals surface area (Å²) in [5.41, 5.74) is 0.698. The predicted molar refractivity (Wildman–Crippen MR) is 48.9 cm³/mol. The van der Waals surface area contributed by atoms with Gasteiger partial charge in [0, 0.05) is 5.39 Å². The van der Waals surface area contributed by atoms with Crippen LogP contribution in [0.15, 0.2) is 41.4 Å². The van der Waals surface area contributed by atoms with Crippen molar-refractivity contribution in [3.63, 3.8) is 0 Å². The van der Waals surface area contributed by atoms with Crippen LogP contribution in [0.3, 0.4) is 0 Å². The van der Waals surface area contributed by atoms with Crippen molar-refractivity contribution < 1.29 is 38.3 Å².